The molecule has 1 N–H and O–H groups in total. The van der Waals surface area contributed by atoms with Crippen LogP contribution in [0.1, 0.15) is 39.0 Å². The van der Waals surface area contributed by atoms with E-state index >= 15 is 0 Å². The average molecular weight is 253 g/mol. The molecule has 0 radical (unpaired) electrons. The van der Waals surface area contributed by atoms with Gasteiger partial charge < -0.3 is 14.7 Å². The largest absolute Gasteiger partial charge is 0.481 e. The Kier molecular flexibility index (Phi) is 2.62. The molecule has 2 saturated carbocycles. The first-order valence-electron chi connectivity index (χ1n) is 6.76. The quantitative estimate of drug-likeness (QED) is 0.803. The van der Waals surface area contributed by atoms with Crippen molar-refractivity contribution < 1.29 is 19.4 Å². The van der Waals surface area contributed by atoms with Crippen molar-refractivity contribution in [2.75, 3.05) is 6.54 Å². The van der Waals surface area contributed by atoms with Gasteiger partial charge in [-0.05, 0) is 39.0 Å². The van der Waals surface area contributed by atoms with Crippen molar-refractivity contribution in [3.05, 3.63) is 0 Å². The van der Waals surface area contributed by atoms with Crippen molar-refractivity contribution in [2.45, 2.75) is 50.9 Å². The Morgan fingerprint density at radius 3 is 2.50 bits per heavy atom. The molecular formula is C13H19NO4. The van der Waals surface area contributed by atoms with E-state index in [4.69, 9.17) is 9.84 Å². The zero-order chi connectivity index (χ0) is 12.9. The number of amides is 1. The van der Waals surface area contributed by atoms with Gasteiger partial charge in [0.1, 0.15) is 5.72 Å². The summed E-state index contributed by atoms with van der Waals surface area (Å²) in [5, 5.41) is 8.92. The number of carbonyl (C=O) groups is 2. The maximum atomic E-state index is 12.4. The lowest BCUT2D eigenvalue weighted by atomic mass is 10.1. The van der Waals surface area contributed by atoms with E-state index in [1.165, 1.54) is 0 Å². The van der Waals surface area contributed by atoms with Crippen molar-refractivity contribution in [3.8, 4) is 0 Å². The van der Waals surface area contributed by atoms with E-state index in [1.54, 1.807) is 0 Å². The van der Waals surface area contributed by atoms with Crippen molar-refractivity contribution in [1.29, 1.82) is 0 Å². The highest BCUT2D eigenvalue weighted by Crippen LogP contribution is 2.47. The highest BCUT2D eigenvalue weighted by atomic mass is 16.5. The van der Waals surface area contributed by atoms with Crippen LogP contribution in [0, 0.1) is 11.8 Å². The molecule has 100 valence electrons. The molecule has 1 spiro atoms. The van der Waals surface area contributed by atoms with Crippen LogP contribution in [-0.2, 0) is 14.3 Å². The van der Waals surface area contributed by atoms with E-state index in [1.807, 2.05) is 11.8 Å². The number of nitrogens with zero attached hydrogens (tertiary/aromatic N) is 1. The molecule has 3 unspecified atom stereocenters. The van der Waals surface area contributed by atoms with E-state index in [2.05, 4.69) is 0 Å². The van der Waals surface area contributed by atoms with Crippen LogP contribution in [0.15, 0.2) is 0 Å². The van der Waals surface area contributed by atoms with Crippen LogP contribution < -0.4 is 0 Å². The summed E-state index contributed by atoms with van der Waals surface area (Å²) in [4.78, 5) is 25.1. The fourth-order valence-corrected chi connectivity index (χ4v) is 3.45. The summed E-state index contributed by atoms with van der Waals surface area (Å²) in [6, 6.07) is 0. The lowest BCUT2D eigenvalue weighted by Crippen LogP contribution is -2.47. The van der Waals surface area contributed by atoms with Crippen LogP contribution in [0.2, 0.25) is 0 Å². The van der Waals surface area contributed by atoms with Crippen molar-refractivity contribution >= 4 is 11.9 Å². The molecule has 1 aliphatic heterocycles. The number of hydrogen-bond donors (Lipinski definition) is 1. The molecule has 3 aliphatic rings. The predicted octanol–water partition coefficient (Wildman–Crippen LogP) is 1.22. The number of aliphatic carboxylic acids is 1. The molecule has 3 rings (SSSR count). The van der Waals surface area contributed by atoms with Gasteiger partial charge in [0.2, 0.25) is 5.91 Å². The number of hydrogen-bond acceptors (Lipinski definition) is 3. The number of carboxylic acids is 1. The molecule has 1 amide bonds. The number of ether oxygens (including phenoxy) is 1. The molecule has 18 heavy (non-hydrogen) atoms. The minimum atomic E-state index is -0.845. The Labute approximate surface area is 106 Å². The SMILES string of the molecule is CC1CN(C(=O)C2CC2C(=O)O)C2(CCCC2)O1. The summed E-state index contributed by atoms with van der Waals surface area (Å²) in [6.07, 6.45) is 4.53. The summed E-state index contributed by atoms with van der Waals surface area (Å²) in [7, 11) is 0. The summed E-state index contributed by atoms with van der Waals surface area (Å²) in [6.45, 7) is 2.59. The zero-order valence-electron chi connectivity index (χ0n) is 10.6. The van der Waals surface area contributed by atoms with Crippen molar-refractivity contribution in [2.24, 2.45) is 11.8 Å². The van der Waals surface area contributed by atoms with Gasteiger partial charge >= 0.3 is 5.97 Å². The smallest absolute Gasteiger partial charge is 0.307 e. The number of carboxylic acid groups (broad SMARTS) is 1. The highest BCUT2D eigenvalue weighted by molar-refractivity contribution is 5.90. The molecule has 1 saturated heterocycles. The first kappa shape index (κ1) is 12.0. The lowest BCUT2D eigenvalue weighted by Gasteiger charge is -2.33. The molecular weight excluding hydrogens is 234 g/mol. The van der Waals surface area contributed by atoms with Gasteiger partial charge in [-0.3, -0.25) is 9.59 Å². The molecule has 3 atom stereocenters. The first-order chi connectivity index (χ1) is 8.53. The molecule has 5 heteroatoms. The number of rotatable bonds is 2. The normalized spacial score (nSPS) is 37.2. The fourth-order valence-electron chi connectivity index (χ4n) is 3.45. The topological polar surface area (TPSA) is 66.8 Å². The summed E-state index contributed by atoms with van der Waals surface area (Å²) < 4.78 is 5.97. The zero-order valence-corrected chi connectivity index (χ0v) is 10.6. The van der Waals surface area contributed by atoms with E-state index in [0.717, 1.165) is 25.7 Å². The van der Waals surface area contributed by atoms with E-state index in [9.17, 15) is 9.59 Å². The second-order valence-corrected chi connectivity index (χ2v) is 5.82. The van der Waals surface area contributed by atoms with Crippen LogP contribution in [-0.4, -0.2) is 40.3 Å². The minimum Gasteiger partial charge on any atom is -0.481 e. The molecule has 3 fully saturated rings. The van der Waals surface area contributed by atoms with Gasteiger partial charge in [0, 0.05) is 6.54 Å². The minimum absolute atomic E-state index is 0.00588. The third kappa shape index (κ3) is 1.72. The monoisotopic (exact) mass is 253 g/mol. The number of carbonyl (C=O) groups excluding carboxylic acids is 1. The van der Waals surface area contributed by atoms with Crippen LogP contribution in [0.25, 0.3) is 0 Å². The van der Waals surface area contributed by atoms with Gasteiger partial charge in [-0.15, -0.1) is 0 Å². The van der Waals surface area contributed by atoms with Gasteiger partial charge in [0.25, 0.3) is 0 Å². The Balaban J connectivity index is 1.75. The van der Waals surface area contributed by atoms with Gasteiger partial charge in [-0.25, -0.2) is 0 Å². The molecule has 0 aromatic rings. The molecule has 0 aromatic carbocycles. The molecule has 0 bridgehead atoms. The highest BCUT2D eigenvalue weighted by Gasteiger charge is 2.56. The van der Waals surface area contributed by atoms with E-state index < -0.39 is 17.6 Å². The average Bonchev–Trinajstić information content (AvgIpc) is 2.90. The lowest BCUT2D eigenvalue weighted by molar-refractivity contribution is -0.154. The molecule has 1 heterocycles. The van der Waals surface area contributed by atoms with Crippen LogP contribution in [0.3, 0.4) is 0 Å². The maximum absolute atomic E-state index is 12.4. The van der Waals surface area contributed by atoms with E-state index in [-0.39, 0.29) is 17.9 Å². The van der Waals surface area contributed by atoms with Gasteiger partial charge in [0.15, 0.2) is 0 Å². The summed E-state index contributed by atoms with van der Waals surface area (Å²) in [5.41, 5.74) is -0.415. The fraction of sp³-hybridized carbons (Fsp3) is 0.846. The standard InChI is InChI=1S/C13H19NO4/c1-8-7-14(13(18-8)4-2-3-5-13)11(15)9-6-10(9)12(16)17/h8-10H,2-7H2,1H3,(H,16,17). The molecule has 2 aliphatic carbocycles. The molecule has 0 aromatic heterocycles. The Bertz CT molecular complexity index is 388. The van der Waals surface area contributed by atoms with Crippen LogP contribution in [0.5, 0.6) is 0 Å². The summed E-state index contributed by atoms with van der Waals surface area (Å²) >= 11 is 0. The second-order valence-electron chi connectivity index (χ2n) is 5.82. The van der Waals surface area contributed by atoms with Gasteiger partial charge in [0.05, 0.1) is 17.9 Å². The molecule has 5 nitrogen and oxygen atoms in total. The maximum Gasteiger partial charge on any atom is 0.307 e. The van der Waals surface area contributed by atoms with E-state index in [0.29, 0.717) is 13.0 Å². The van der Waals surface area contributed by atoms with Gasteiger partial charge in [-0.2, -0.15) is 0 Å². The van der Waals surface area contributed by atoms with Crippen LogP contribution in [0.4, 0.5) is 0 Å². The second kappa shape index (κ2) is 3.95. The van der Waals surface area contributed by atoms with Gasteiger partial charge in [-0.1, -0.05) is 0 Å². The Morgan fingerprint density at radius 1 is 1.28 bits per heavy atom. The Morgan fingerprint density at radius 2 is 1.94 bits per heavy atom. The van der Waals surface area contributed by atoms with Crippen LogP contribution >= 0.6 is 0 Å². The predicted molar refractivity (Wildman–Crippen MR) is 62.7 cm³/mol. The van der Waals surface area contributed by atoms with Crippen molar-refractivity contribution in [3.63, 3.8) is 0 Å². The first-order valence-corrected chi connectivity index (χ1v) is 6.76. The summed E-state index contributed by atoms with van der Waals surface area (Å²) in [5.74, 6) is -1.63. The third-order valence-corrected chi connectivity index (χ3v) is 4.43. The Hall–Kier alpha value is -1.10. The van der Waals surface area contributed by atoms with Crippen molar-refractivity contribution in [1.82, 2.24) is 4.90 Å². The third-order valence-electron chi connectivity index (χ3n) is 4.43.